The number of rotatable bonds is 2. The zero-order valence-electron chi connectivity index (χ0n) is 8.69. The van der Waals surface area contributed by atoms with Crippen LogP contribution >= 0.6 is 12.6 Å². The van der Waals surface area contributed by atoms with Gasteiger partial charge in [0.25, 0.3) is 0 Å². The molecule has 1 aromatic carbocycles. The zero-order valence-corrected chi connectivity index (χ0v) is 9.58. The Bertz CT molecular complexity index is 424. The summed E-state index contributed by atoms with van der Waals surface area (Å²) in [4.78, 5) is 13.2. The van der Waals surface area contributed by atoms with Crippen LogP contribution < -0.4 is 10.6 Å². The van der Waals surface area contributed by atoms with Crippen LogP contribution in [0.5, 0.6) is 0 Å². The molecule has 1 atom stereocenters. The minimum absolute atomic E-state index is 0.0152. The van der Waals surface area contributed by atoms with Crippen LogP contribution in [0.2, 0.25) is 0 Å². The summed E-state index contributed by atoms with van der Waals surface area (Å²) >= 11 is 4.26. The first kappa shape index (κ1) is 11.4. The van der Waals surface area contributed by atoms with Gasteiger partial charge in [-0.15, -0.1) is 0 Å². The topological polar surface area (TPSA) is 46.3 Å². The molecule has 1 aromatic rings. The Morgan fingerprint density at radius 3 is 2.88 bits per heavy atom. The van der Waals surface area contributed by atoms with Crippen LogP contribution in [-0.2, 0) is 11.3 Å². The number of anilines is 1. The lowest BCUT2D eigenvalue weighted by molar-refractivity contribution is -0.117. The molecule has 1 fully saturated rings. The maximum atomic E-state index is 13.5. The second kappa shape index (κ2) is 4.43. The Balaban J connectivity index is 2.40. The first-order chi connectivity index (χ1) is 7.63. The molecule has 0 aliphatic carbocycles. The maximum absolute atomic E-state index is 13.5. The van der Waals surface area contributed by atoms with Crippen molar-refractivity contribution in [2.75, 3.05) is 11.4 Å². The van der Waals surface area contributed by atoms with Crippen LogP contribution in [0, 0.1) is 5.82 Å². The van der Waals surface area contributed by atoms with Crippen molar-refractivity contribution in [1.82, 2.24) is 0 Å². The van der Waals surface area contributed by atoms with Crippen molar-refractivity contribution in [2.24, 2.45) is 5.73 Å². The number of hydrogen-bond acceptors (Lipinski definition) is 3. The van der Waals surface area contributed by atoms with Gasteiger partial charge in [-0.3, -0.25) is 4.79 Å². The van der Waals surface area contributed by atoms with Crippen molar-refractivity contribution < 1.29 is 9.18 Å². The predicted octanol–water partition coefficient (Wildman–Crippen LogP) is 1.32. The average molecular weight is 240 g/mol. The Morgan fingerprint density at radius 2 is 2.31 bits per heavy atom. The number of carbonyl (C=O) groups excluding carboxylic acids is 1. The molecule has 0 bridgehead atoms. The highest BCUT2D eigenvalue weighted by Crippen LogP contribution is 2.28. The van der Waals surface area contributed by atoms with E-state index in [0.29, 0.717) is 24.2 Å². The van der Waals surface area contributed by atoms with E-state index in [4.69, 9.17) is 5.73 Å². The number of hydrogen-bond donors (Lipinski definition) is 2. The van der Waals surface area contributed by atoms with Crippen molar-refractivity contribution in [1.29, 1.82) is 0 Å². The monoisotopic (exact) mass is 240 g/mol. The van der Waals surface area contributed by atoms with E-state index in [1.54, 1.807) is 17.0 Å². The largest absolute Gasteiger partial charge is 0.326 e. The number of thiol groups is 1. The third-order valence-corrected chi connectivity index (χ3v) is 3.04. The molecule has 1 amide bonds. The maximum Gasteiger partial charge on any atom is 0.228 e. The number of nitrogens with zero attached hydrogens (tertiary/aromatic N) is 1. The van der Waals surface area contributed by atoms with E-state index in [1.807, 2.05) is 0 Å². The first-order valence-corrected chi connectivity index (χ1v) is 5.61. The highest BCUT2D eigenvalue weighted by Gasteiger charge is 2.29. The molecule has 16 heavy (non-hydrogen) atoms. The van der Waals surface area contributed by atoms with Crippen LogP contribution in [-0.4, -0.2) is 17.7 Å². The number of amides is 1. The summed E-state index contributed by atoms with van der Waals surface area (Å²) in [6.07, 6.45) is 0.392. The fraction of sp³-hybridized carbons (Fsp3) is 0.364. The van der Waals surface area contributed by atoms with Gasteiger partial charge in [0.2, 0.25) is 5.91 Å². The molecule has 1 saturated heterocycles. The van der Waals surface area contributed by atoms with Gasteiger partial charge < -0.3 is 10.6 Å². The highest BCUT2D eigenvalue weighted by atomic mass is 32.1. The van der Waals surface area contributed by atoms with Crippen LogP contribution in [0.1, 0.15) is 12.0 Å². The van der Waals surface area contributed by atoms with Gasteiger partial charge in [-0.25, -0.2) is 4.39 Å². The van der Waals surface area contributed by atoms with Crippen molar-refractivity contribution in [3.05, 3.63) is 29.6 Å². The molecule has 2 rings (SSSR count). The van der Waals surface area contributed by atoms with E-state index < -0.39 is 0 Å². The van der Waals surface area contributed by atoms with Gasteiger partial charge in [0.05, 0.1) is 5.69 Å². The summed E-state index contributed by atoms with van der Waals surface area (Å²) < 4.78 is 13.5. The Kier molecular flexibility index (Phi) is 3.16. The van der Waals surface area contributed by atoms with Gasteiger partial charge in [0.1, 0.15) is 5.82 Å². The SMILES string of the molecule is NCc1c(F)cccc1N1CC(S)CC1=O. The molecule has 1 heterocycles. The molecule has 1 aliphatic rings. The third kappa shape index (κ3) is 1.92. The van der Waals surface area contributed by atoms with Crippen LogP contribution in [0.15, 0.2) is 18.2 Å². The number of nitrogens with two attached hydrogens (primary N) is 1. The van der Waals surface area contributed by atoms with Crippen LogP contribution in [0.3, 0.4) is 0 Å². The molecule has 1 unspecified atom stereocenters. The minimum Gasteiger partial charge on any atom is -0.326 e. The van der Waals surface area contributed by atoms with E-state index in [2.05, 4.69) is 12.6 Å². The van der Waals surface area contributed by atoms with E-state index in [0.717, 1.165) is 0 Å². The Hall–Kier alpha value is -1.07. The van der Waals surface area contributed by atoms with Gasteiger partial charge >= 0.3 is 0 Å². The number of carbonyl (C=O) groups is 1. The Labute approximate surface area is 98.8 Å². The molecule has 3 nitrogen and oxygen atoms in total. The van der Waals surface area contributed by atoms with Gasteiger partial charge in [-0.2, -0.15) is 12.6 Å². The second-order valence-corrected chi connectivity index (χ2v) is 4.53. The first-order valence-electron chi connectivity index (χ1n) is 5.09. The highest BCUT2D eigenvalue weighted by molar-refractivity contribution is 7.81. The normalized spacial score (nSPS) is 20.6. The molecular formula is C11H13FN2OS. The number of benzene rings is 1. The molecule has 0 aromatic heterocycles. The fourth-order valence-corrected chi connectivity index (χ4v) is 2.24. The standard InChI is InChI=1S/C11H13FN2OS/c12-9-2-1-3-10(8(9)5-13)14-6-7(16)4-11(14)15/h1-3,7,16H,4-6,13H2. The van der Waals surface area contributed by atoms with Crippen molar-refractivity contribution >= 4 is 24.2 Å². The van der Waals surface area contributed by atoms with Crippen LogP contribution in [0.4, 0.5) is 10.1 Å². The summed E-state index contributed by atoms with van der Waals surface area (Å²) in [7, 11) is 0. The van der Waals surface area contributed by atoms with Gasteiger partial charge in [-0.1, -0.05) is 6.07 Å². The van der Waals surface area contributed by atoms with Crippen molar-refractivity contribution in [3.8, 4) is 0 Å². The van der Waals surface area contributed by atoms with Crippen molar-refractivity contribution in [2.45, 2.75) is 18.2 Å². The lowest BCUT2D eigenvalue weighted by atomic mass is 10.1. The van der Waals surface area contributed by atoms with E-state index in [1.165, 1.54) is 6.07 Å². The lowest BCUT2D eigenvalue weighted by Gasteiger charge is -2.19. The van der Waals surface area contributed by atoms with Crippen LogP contribution in [0.25, 0.3) is 0 Å². The molecule has 1 aliphatic heterocycles. The zero-order chi connectivity index (χ0) is 11.7. The summed E-state index contributed by atoms with van der Waals surface area (Å²) in [5, 5.41) is 0.0152. The van der Waals surface area contributed by atoms with E-state index in [-0.39, 0.29) is 23.5 Å². The van der Waals surface area contributed by atoms with Crippen molar-refractivity contribution in [3.63, 3.8) is 0 Å². The summed E-state index contributed by atoms with van der Waals surface area (Å²) in [5.74, 6) is -0.393. The third-order valence-electron chi connectivity index (χ3n) is 2.69. The van der Waals surface area contributed by atoms with Gasteiger partial charge in [0.15, 0.2) is 0 Å². The Morgan fingerprint density at radius 1 is 1.56 bits per heavy atom. The molecule has 2 N–H and O–H groups in total. The summed E-state index contributed by atoms with van der Waals surface area (Å²) in [6.45, 7) is 0.599. The average Bonchev–Trinajstić information content (AvgIpc) is 2.57. The fourth-order valence-electron chi connectivity index (χ4n) is 1.92. The minimum atomic E-state index is -0.365. The van der Waals surface area contributed by atoms with E-state index >= 15 is 0 Å². The second-order valence-electron chi connectivity index (χ2n) is 3.80. The molecule has 0 spiro atoms. The van der Waals surface area contributed by atoms with E-state index in [9.17, 15) is 9.18 Å². The summed E-state index contributed by atoms with van der Waals surface area (Å²) in [6, 6.07) is 4.66. The van der Waals surface area contributed by atoms with Gasteiger partial charge in [-0.05, 0) is 12.1 Å². The quantitative estimate of drug-likeness (QED) is 0.766. The smallest absolute Gasteiger partial charge is 0.228 e. The molecule has 0 radical (unpaired) electrons. The molecule has 5 heteroatoms. The number of halogens is 1. The molecule has 0 saturated carbocycles. The molecular weight excluding hydrogens is 227 g/mol. The predicted molar refractivity (Wildman–Crippen MR) is 64.0 cm³/mol. The lowest BCUT2D eigenvalue weighted by Crippen LogP contribution is -2.26. The summed E-state index contributed by atoms with van der Waals surface area (Å²) in [5.41, 5.74) is 6.46. The molecule has 86 valence electrons. The van der Waals surface area contributed by atoms with Gasteiger partial charge in [0, 0.05) is 30.3 Å².